The fourth-order valence-corrected chi connectivity index (χ4v) is 9.75. The topological polar surface area (TPSA) is 30.9 Å². The van der Waals surface area contributed by atoms with Crippen molar-refractivity contribution in [3.8, 4) is 5.69 Å². The van der Waals surface area contributed by atoms with Gasteiger partial charge in [0.1, 0.15) is 11.7 Å². The van der Waals surface area contributed by atoms with Gasteiger partial charge >= 0.3 is 0 Å². The van der Waals surface area contributed by atoms with Crippen LogP contribution in [-0.2, 0) is 10.8 Å². The lowest BCUT2D eigenvalue weighted by molar-refractivity contribution is -0.718. The molecule has 0 saturated heterocycles. The van der Waals surface area contributed by atoms with Gasteiger partial charge in [-0.05, 0) is 34.0 Å². The van der Waals surface area contributed by atoms with Crippen LogP contribution in [0.4, 0.5) is 0 Å². The van der Waals surface area contributed by atoms with Gasteiger partial charge in [0.15, 0.2) is 0 Å². The Bertz CT molecular complexity index is 1160. The molecule has 0 bridgehead atoms. The third kappa shape index (κ3) is 3.96. The lowest BCUT2D eigenvalue weighted by atomic mass is 10.2. The maximum Gasteiger partial charge on any atom is 0.278 e. The van der Waals surface area contributed by atoms with Crippen molar-refractivity contribution in [2.45, 2.75) is 44.7 Å². The van der Waals surface area contributed by atoms with Gasteiger partial charge in [0.2, 0.25) is 6.33 Å². The van der Waals surface area contributed by atoms with E-state index in [-0.39, 0.29) is 5.04 Å². The van der Waals surface area contributed by atoms with E-state index >= 15 is 0 Å². The molecule has 1 atom stereocenters. The summed E-state index contributed by atoms with van der Waals surface area (Å²) in [7, 11) is -2.54. The van der Waals surface area contributed by atoms with Crippen molar-refractivity contribution in [3.05, 3.63) is 103 Å². The molecule has 5 rings (SSSR count). The smallest absolute Gasteiger partial charge is 0.278 e. The normalized spacial score (nSPS) is 16.0. The number of nitrogens with zero attached hydrogens (tertiary/aromatic N) is 3. The molecule has 3 aromatic carbocycles. The van der Waals surface area contributed by atoms with Gasteiger partial charge in [0.25, 0.3) is 14.1 Å². The average molecular weight is 455 g/mol. The van der Waals surface area contributed by atoms with Crippen LogP contribution in [0.25, 0.3) is 5.69 Å². The van der Waals surface area contributed by atoms with Crippen LogP contribution in [0.3, 0.4) is 0 Å². The Hall–Kier alpha value is -3.02. The van der Waals surface area contributed by atoms with E-state index in [0.717, 1.165) is 24.4 Å². The quantitative estimate of drug-likeness (QED) is 0.323. The number of fused-ring (bicyclic) bond motifs is 1. The molecule has 0 radical (unpaired) electrons. The van der Waals surface area contributed by atoms with Gasteiger partial charge in [0, 0.05) is 11.5 Å². The molecule has 0 N–H and O–H groups in total. The molecule has 0 saturated carbocycles. The summed E-state index contributed by atoms with van der Waals surface area (Å²) in [6.07, 6.45) is 4.18. The first kappa shape index (κ1) is 21.8. The molecule has 33 heavy (non-hydrogen) atoms. The first-order chi connectivity index (χ1) is 16.0. The zero-order valence-electron chi connectivity index (χ0n) is 19.7. The predicted octanol–water partition coefficient (Wildman–Crippen LogP) is 4.22. The Morgan fingerprint density at radius 1 is 0.879 bits per heavy atom. The van der Waals surface area contributed by atoms with Gasteiger partial charge in [-0.15, -0.1) is 0 Å². The first-order valence-corrected chi connectivity index (χ1v) is 13.7. The van der Waals surface area contributed by atoms with E-state index in [1.807, 2.05) is 10.7 Å². The minimum atomic E-state index is -2.54. The maximum atomic E-state index is 7.20. The van der Waals surface area contributed by atoms with Gasteiger partial charge in [-0.3, -0.25) is 0 Å². The van der Waals surface area contributed by atoms with E-state index < -0.39 is 8.32 Å². The summed E-state index contributed by atoms with van der Waals surface area (Å²) >= 11 is 0. The van der Waals surface area contributed by atoms with E-state index in [1.165, 1.54) is 10.4 Å². The second-order valence-corrected chi connectivity index (χ2v) is 14.2. The Morgan fingerprint density at radius 2 is 1.42 bits per heavy atom. The lowest BCUT2D eigenvalue weighted by Crippen LogP contribution is -2.67. The van der Waals surface area contributed by atoms with Gasteiger partial charge in [-0.2, -0.15) is 0 Å². The van der Waals surface area contributed by atoms with Crippen LogP contribution in [0.2, 0.25) is 5.04 Å². The number of benzene rings is 3. The molecular weight excluding hydrogens is 422 g/mol. The molecule has 4 nitrogen and oxygen atoms in total. The summed E-state index contributed by atoms with van der Waals surface area (Å²) in [5.74, 6) is 1.13. The SMILES string of the molecule is CC(C)(C)[Si](OC[C@@H]1CCc2nn(-c3ccccc3)c[n+]21)(c1ccccc1)c1ccccc1. The van der Waals surface area contributed by atoms with Crippen LogP contribution in [0.15, 0.2) is 97.3 Å². The van der Waals surface area contributed by atoms with E-state index in [0.29, 0.717) is 12.6 Å². The average Bonchev–Trinajstić information content (AvgIpc) is 3.42. The van der Waals surface area contributed by atoms with Crippen molar-refractivity contribution in [3.63, 3.8) is 0 Å². The standard InChI is InChI=1S/C28H32N3OSi/c1-28(2,3)33(25-15-9-5-10-16-25,26-17-11-6-12-18-26)32-21-24-19-20-27-29-31(22-30(24)27)23-13-7-4-8-14-23/h4-18,22,24H,19-21H2,1-3H3/q+1/t24-/m0/s1. The lowest BCUT2D eigenvalue weighted by Gasteiger charge is -2.43. The van der Waals surface area contributed by atoms with E-state index in [1.54, 1.807) is 0 Å². The van der Waals surface area contributed by atoms with E-state index in [2.05, 4.69) is 117 Å². The molecule has 168 valence electrons. The molecule has 0 fully saturated rings. The fraction of sp³-hybridized carbons (Fsp3) is 0.286. The molecular formula is C28H32N3OSi+. The van der Waals surface area contributed by atoms with Gasteiger partial charge in [0.05, 0.1) is 6.61 Å². The molecule has 1 aromatic heterocycles. The zero-order chi connectivity index (χ0) is 22.9. The Balaban J connectivity index is 1.50. The van der Waals surface area contributed by atoms with Crippen LogP contribution < -0.4 is 14.9 Å². The summed E-state index contributed by atoms with van der Waals surface area (Å²) in [6, 6.07) is 32.4. The van der Waals surface area contributed by atoms with Crippen LogP contribution in [0.1, 0.15) is 39.1 Å². The predicted molar refractivity (Wildman–Crippen MR) is 135 cm³/mol. The minimum absolute atomic E-state index is 0.0178. The highest BCUT2D eigenvalue weighted by Crippen LogP contribution is 2.37. The summed E-state index contributed by atoms with van der Waals surface area (Å²) in [5.41, 5.74) is 1.09. The van der Waals surface area contributed by atoms with E-state index in [4.69, 9.17) is 9.52 Å². The highest BCUT2D eigenvalue weighted by molar-refractivity contribution is 6.99. The third-order valence-electron chi connectivity index (χ3n) is 6.78. The number of rotatable bonds is 6. The Morgan fingerprint density at radius 3 is 1.97 bits per heavy atom. The van der Waals surface area contributed by atoms with Gasteiger partial charge in [-0.25, -0.2) is 4.57 Å². The van der Waals surface area contributed by atoms with Crippen molar-refractivity contribution in [2.24, 2.45) is 0 Å². The molecule has 0 aliphatic carbocycles. The van der Waals surface area contributed by atoms with Crippen LogP contribution in [-0.4, -0.2) is 24.7 Å². The number of aromatic nitrogens is 3. The summed E-state index contributed by atoms with van der Waals surface area (Å²) in [4.78, 5) is 0. The van der Waals surface area contributed by atoms with Crippen LogP contribution >= 0.6 is 0 Å². The molecule has 0 amide bonds. The van der Waals surface area contributed by atoms with Crippen LogP contribution in [0, 0.1) is 0 Å². The summed E-state index contributed by atoms with van der Waals surface area (Å²) in [6.45, 7) is 7.69. The number of hydrogen-bond donors (Lipinski definition) is 0. The highest BCUT2D eigenvalue weighted by atomic mass is 28.4. The van der Waals surface area contributed by atoms with Gasteiger partial charge in [-0.1, -0.05) is 104 Å². The molecule has 1 aliphatic rings. The zero-order valence-corrected chi connectivity index (χ0v) is 20.7. The van der Waals surface area contributed by atoms with Crippen molar-refractivity contribution in [1.82, 2.24) is 9.78 Å². The summed E-state index contributed by atoms with van der Waals surface area (Å²) in [5, 5.41) is 7.49. The number of para-hydroxylation sites is 1. The monoisotopic (exact) mass is 454 g/mol. The second kappa shape index (κ2) is 8.73. The highest BCUT2D eigenvalue weighted by Gasteiger charge is 2.51. The van der Waals surface area contributed by atoms with Crippen LogP contribution in [0.5, 0.6) is 0 Å². The van der Waals surface area contributed by atoms with E-state index in [9.17, 15) is 0 Å². The Labute approximate surface area is 197 Å². The van der Waals surface area contributed by atoms with Crippen molar-refractivity contribution < 1.29 is 8.99 Å². The Kier molecular flexibility index (Phi) is 5.77. The molecule has 5 heteroatoms. The maximum absolute atomic E-state index is 7.20. The molecule has 1 aliphatic heterocycles. The van der Waals surface area contributed by atoms with Gasteiger partial charge < -0.3 is 4.43 Å². The largest absolute Gasteiger partial charge is 0.404 e. The van der Waals surface area contributed by atoms with Crippen molar-refractivity contribution >= 4 is 18.7 Å². The van der Waals surface area contributed by atoms with Crippen molar-refractivity contribution in [1.29, 1.82) is 0 Å². The number of aryl methyl sites for hydroxylation is 1. The fourth-order valence-electron chi connectivity index (χ4n) is 5.16. The first-order valence-electron chi connectivity index (χ1n) is 11.8. The minimum Gasteiger partial charge on any atom is -0.404 e. The third-order valence-corrected chi connectivity index (χ3v) is 11.8. The molecule has 0 spiro atoms. The molecule has 2 heterocycles. The molecule has 0 unspecified atom stereocenters. The van der Waals surface area contributed by atoms with Crippen molar-refractivity contribution in [2.75, 3.05) is 6.61 Å². The number of hydrogen-bond acceptors (Lipinski definition) is 2. The second-order valence-electron chi connectivity index (χ2n) is 9.89. The summed E-state index contributed by atoms with van der Waals surface area (Å²) < 4.78 is 11.5. The molecule has 4 aromatic rings.